The third-order valence-corrected chi connectivity index (χ3v) is 3.58. The predicted molar refractivity (Wildman–Crippen MR) is 81.0 cm³/mol. The minimum Gasteiger partial charge on any atom is -0.438 e. The summed E-state index contributed by atoms with van der Waals surface area (Å²) in [6.45, 7) is 0.874. The quantitative estimate of drug-likeness (QED) is 0.591. The summed E-state index contributed by atoms with van der Waals surface area (Å²) in [5, 5.41) is 8.61. The van der Waals surface area contributed by atoms with Crippen molar-refractivity contribution in [3.63, 3.8) is 0 Å². The molecule has 0 fully saturated rings. The first kappa shape index (κ1) is 15.2. The van der Waals surface area contributed by atoms with E-state index in [0.717, 1.165) is 0 Å². The number of fused-ring (bicyclic) bond motifs is 1. The standard InChI is InChI=1S/C17H14FNO4/c1-10(17(21)22-9-20)11-6-7-12(13(18)8-11)16-19-14-4-2-3-5-15(14)23-16/h2-8,10,20H,9H2,1H3. The van der Waals surface area contributed by atoms with Crippen molar-refractivity contribution in [3.8, 4) is 11.5 Å². The summed E-state index contributed by atoms with van der Waals surface area (Å²) in [7, 11) is 0. The average Bonchev–Trinajstić information content (AvgIpc) is 2.97. The van der Waals surface area contributed by atoms with Gasteiger partial charge in [0.25, 0.3) is 0 Å². The number of para-hydroxylation sites is 2. The minimum absolute atomic E-state index is 0.181. The smallest absolute Gasteiger partial charge is 0.315 e. The van der Waals surface area contributed by atoms with E-state index in [-0.39, 0.29) is 11.5 Å². The largest absolute Gasteiger partial charge is 0.438 e. The molecule has 1 unspecified atom stereocenters. The Hall–Kier alpha value is -2.73. The maximum Gasteiger partial charge on any atom is 0.315 e. The lowest BCUT2D eigenvalue weighted by molar-refractivity contribution is -0.153. The lowest BCUT2D eigenvalue weighted by Gasteiger charge is -2.11. The Morgan fingerprint density at radius 3 is 2.83 bits per heavy atom. The SMILES string of the molecule is CC(C(=O)OCO)c1ccc(-c2nc3ccccc3o2)c(F)c1. The summed E-state index contributed by atoms with van der Waals surface area (Å²) in [6, 6.07) is 11.5. The van der Waals surface area contributed by atoms with Crippen LogP contribution < -0.4 is 0 Å². The van der Waals surface area contributed by atoms with E-state index in [1.54, 1.807) is 25.1 Å². The van der Waals surface area contributed by atoms with Crippen LogP contribution >= 0.6 is 0 Å². The minimum atomic E-state index is -0.702. The predicted octanol–water partition coefficient (Wildman–Crippen LogP) is 3.23. The number of benzene rings is 2. The van der Waals surface area contributed by atoms with E-state index in [1.807, 2.05) is 12.1 Å². The number of oxazole rings is 1. The number of aliphatic hydroxyl groups is 1. The van der Waals surface area contributed by atoms with Crippen LogP contribution in [-0.4, -0.2) is 22.9 Å². The van der Waals surface area contributed by atoms with Gasteiger partial charge in [-0.15, -0.1) is 0 Å². The van der Waals surface area contributed by atoms with Crippen molar-refractivity contribution < 1.29 is 23.4 Å². The number of hydrogen-bond acceptors (Lipinski definition) is 5. The van der Waals surface area contributed by atoms with Gasteiger partial charge < -0.3 is 14.3 Å². The average molecular weight is 315 g/mol. The second-order valence-corrected chi connectivity index (χ2v) is 5.04. The lowest BCUT2D eigenvalue weighted by Crippen LogP contribution is -2.14. The Morgan fingerprint density at radius 1 is 1.35 bits per heavy atom. The number of aliphatic hydroxyl groups excluding tert-OH is 1. The molecule has 5 nitrogen and oxygen atoms in total. The molecule has 6 heteroatoms. The van der Waals surface area contributed by atoms with Crippen LogP contribution in [0.2, 0.25) is 0 Å². The highest BCUT2D eigenvalue weighted by Crippen LogP contribution is 2.28. The lowest BCUT2D eigenvalue weighted by atomic mass is 9.99. The second-order valence-electron chi connectivity index (χ2n) is 5.04. The molecular weight excluding hydrogens is 301 g/mol. The van der Waals surface area contributed by atoms with Crippen LogP contribution in [-0.2, 0) is 9.53 Å². The topological polar surface area (TPSA) is 72.6 Å². The van der Waals surface area contributed by atoms with E-state index in [0.29, 0.717) is 16.7 Å². The fourth-order valence-corrected chi connectivity index (χ4v) is 2.29. The molecule has 0 aliphatic carbocycles. The first-order chi connectivity index (χ1) is 11.1. The first-order valence-corrected chi connectivity index (χ1v) is 7.03. The Kier molecular flexibility index (Phi) is 4.08. The molecule has 3 aromatic rings. The number of nitrogens with zero attached hydrogens (tertiary/aromatic N) is 1. The maximum absolute atomic E-state index is 14.4. The number of aromatic nitrogens is 1. The molecule has 118 valence electrons. The summed E-state index contributed by atoms with van der Waals surface area (Å²) in [5.74, 6) is -1.67. The van der Waals surface area contributed by atoms with E-state index in [9.17, 15) is 9.18 Å². The molecule has 0 saturated carbocycles. The third-order valence-electron chi connectivity index (χ3n) is 3.58. The number of rotatable bonds is 4. The molecule has 0 aliphatic heterocycles. The second kappa shape index (κ2) is 6.18. The van der Waals surface area contributed by atoms with Crippen LogP contribution in [0.15, 0.2) is 46.9 Å². The summed E-state index contributed by atoms with van der Waals surface area (Å²) < 4.78 is 24.4. The Morgan fingerprint density at radius 2 is 2.13 bits per heavy atom. The normalized spacial score (nSPS) is 12.3. The van der Waals surface area contributed by atoms with Crippen molar-refractivity contribution in [2.75, 3.05) is 6.79 Å². The summed E-state index contributed by atoms with van der Waals surface area (Å²) in [6.07, 6.45) is 0. The molecule has 0 bridgehead atoms. The zero-order valence-corrected chi connectivity index (χ0v) is 12.3. The van der Waals surface area contributed by atoms with E-state index in [2.05, 4.69) is 9.72 Å². The number of carbonyl (C=O) groups excluding carboxylic acids is 1. The van der Waals surface area contributed by atoms with Gasteiger partial charge >= 0.3 is 5.97 Å². The highest BCUT2D eigenvalue weighted by Gasteiger charge is 2.20. The van der Waals surface area contributed by atoms with Crippen LogP contribution in [0.4, 0.5) is 4.39 Å². The van der Waals surface area contributed by atoms with Gasteiger partial charge in [-0.25, -0.2) is 9.37 Å². The molecule has 2 aromatic carbocycles. The molecular formula is C17H14FNO4. The van der Waals surface area contributed by atoms with Gasteiger partial charge in [0.05, 0.1) is 11.5 Å². The Bertz CT molecular complexity index is 826. The molecule has 3 rings (SSSR count). The summed E-state index contributed by atoms with van der Waals surface area (Å²) in [4.78, 5) is 15.8. The van der Waals surface area contributed by atoms with E-state index < -0.39 is 24.5 Å². The maximum atomic E-state index is 14.4. The molecule has 1 aromatic heterocycles. The molecule has 0 radical (unpaired) electrons. The number of carbonyl (C=O) groups is 1. The van der Waals surface area contributed by atoms with Crippen molar-refractivity contribution in [2.24, 2.45) is 0 Å². The number of ether oxygens (including phenoxy) is 1. The van der Waals surface area contributed by atoms with Gasteiger partial charge in [0.15, 0.2) is 12.4 Å². The van der Waals surface area contributed by atoms with Gasteiger partial charge in [-0.2, -0.15) is 0 Å². The zero-order chi connectivity index (χ0) is 16.4. The fourth-order valence-electron chi connectivity index (χ4n) is 2.29. The third kappa shape index (κ3) is 2.93. The van der Waals surface area contributed by atoms with Crippen molar-refractivity contribution in [3.05, 3.63) is 53.8 Å². The highest BCUT2D eigenvalue weighted by molar-refractivity contribution is 5.78. The molecule has 1 atom stereocenters. The van der Waals surface area contributed by atoms with Crippen LogP contribution in [0.1, 0.15) is 18.4 Å². The van der Waals surface area contributed by atoms with Gasteiger partial charge in [-0.05, 0) is 36.8 Å². The van der Waals surface area contributed by atoms with Gasteiger partial charge in [0.1, 0.15) is 11.3 Å². The van der Waals surface area contributed by atoms with Crippen LogP contribution in [0.3, 0.4) is 0 Å². The van der Waals surface area contributed by atoms with Crippen molar-refractivity contribution in [1.29, 1.82) is 0 Å². The Balaban J connectivity index is 1.94. The van der Waals surface area contributed by atoms with Gasteiger partial charge in [0, 0.05) is 0 Å². The van der Waals surface area contributed by atoms with E-state index >= 15 is 0 Å². The molecule has 23 heavy (non-hydrogen) atoms. The van der Waals surface area contributed by atoms with Crippen LogP contribution in [0, 0.1) is 5.82 Å². The van der Waals surface area contributed by atoms with E-state index in [1.165, 1.54) is 12.1 Å². The molecule has 0 spiro atoms. The molecule has 0 saturated heterocycles. The van der Waals surface area contributed by atoms with Crippen LogP contribution in [0.5, 0.6) is 0 Å². The number of hydrogen-bond donors (Lipinski definition) is 1. The number of halogens is 1. The Labute approximate surface area is 131 Å². The van der Waals surface area contributed by atoms with Crippen molar-refractivity contribution in [1.82, 2.24) is 4.98 Å². The van der Waals surface area contributed by atoms with Gasteiger partial charge in [-0.3, -0.25) is 4.79 Å². The van der Waals surface area contributed by atoms with Gasteiger partial charge in [0.2, 0.25) is 5.89 Å². The molecule has 1 heterocycles. The first-order valence-electron chi connectivity index (χ1n) is 7.03. The summed E-state index contributed by atoms with van der Waals surface area (Å²) >= 11 is 0. The van der Waals surface area contributed by atoms with Crippen molar-refractivity contribution >= 4 is 17.1 Å². The summed E-state index contributed by atoms with van der Waals surface area (Å²) in [5.41, 5.74) is 1.88. The van der Waals surface area contributed by atoms with E-state index in [4.69, 9.17) is 9.52 Å². The highest BCUT2D eigenvalue weighted by atomic mass is 19.1. The zero-order valence-electron chi connectivity index (χ0n) is 12.3. The monoisotopic (exact) mass is 315 g/mol. The molecule has 0 aliphatic rings. The molecule has 1 N–H and O–H groups in total. The molecule has 0 amide bonds. The van der Waals surface area contributed by atoms with Gasteiger partial charge in [-0.1, -0.05) is 18.2 Å². The fraction of sp³-hybridized carbons (Fsp3) is 0.176. The van der Waals surface area contributed by atoms with Crippen molar-refractivity contribution in [2.45, 2.75) is 12.8 Å². The number of esters is 1. The van der Waals surface area contributed by atoms with Crippen LogP contribution in [0.25, 0.3) is 22.6 Å².